The first kappa shape index (κ1) is 19.5. The van der Waals surface area contributed by atoms with Crippen molar-refractivity contribution >= 4 is 23.5 Å². The monoisotopic (exact) mass is 402 g/mol. The van der Waals surface area contributed by atoms with Crippen LogP contribution in [0.15, 0.2) is 36.4 Å². The van der Waals surface area contributed by atoms with Gasteiger partial charge in [0, 0.05) is 10.6 Å². The standard InChI is InChI=1S/C19H19ClN4O4/c1-11-8-13(5-6-14(11)20)28-10-17(25)21-19-22-18(23-24-19)12-4-7-15(26-2)16(9-12)27-3/h4-9H,10H2,1-3H3,(H2,21,22,23,24,25). The maximum atomic E-state index is 12.1. The summed E-state index contributed by atoms with van der Waals surface area (Å²) >= 11 is 5.97. The molecule has 0 bridgehead atoms. The van der Waals surface area contributed by atoms with E-state index < -0.39 is 0 Å². The second-order valence-corrected chi connectivity index (χ2v) is 6.23. The van der Waals surface area contributed by atoms with Crippen molar-refractivity contribution in [2.75, 3.05) is 26.1 Å². The Morgan fingerprint density at radius 3 is 2.64 bits per heavy atom. The summed E-state index contributed by atoms with van der Waals surface area (Å²) in [7, 11) is 3.11. The predicted molar refractivity (Wildman–Crippen MR) is 105 cm³/mol. The van der Waals surface area contributed by atoms with Crippen LogP contribution in [0.25, 0.3) is 11.4 Å². The lowest BCUT2D eigenvalue weighted by molar-refractivity contribution is -0.118. The minimum Gasteiger partial charge on any atom is -0.493 e. The van der Waals surface area contributed by atoms with Crippen LogP contribution in [0, 0.1) is 6.92 Å². The highest BCUT2D eigenvalue weighted by Crippen LogP contribution is 2.31. The van der Waals surface area contributed by atoms with E-state index in [1.54, 1.807) is 50.6 Å². The van der Waals surface area contributed by atoms with Crippen molar-refractivity contribution in [1.82, 2.24) is 15.2 Å². The van der Waals surface area contributed by atoms with Gasteiger partial charge in [0.05, 0.1) is 14.2 Å². The summed E-state index contributed by atoms with van der Waals surface area (Å²) in [5, 5.41) is 9.99. The molecule has 3 rings (SSSR count). The Kier molecular flexibility index (Phi) is 6.00. The minimum absolute atomic E-state index is 0.144. The number of carbonyl (C=O) groups is 1. The molecule has 1 amide bonds. The van der Waals surface area contributed by atoms with E-state index in [-0.39, 0.29) is 18.5 Å². The van der Waals surface area contributed by atoms with Gasteiger partial charge in [-0.3, -0.25) is 15.2 Å². The molecule has 9 heteroatoms. The number of H-pyrrole nitrogens is 1. The van der Waals surface area contributed by atoms with E-state index in [1.165, 1.54) is 0 Å². The van der Waals surface area contributed by atoms with Gasteiger partial charge < -0.3 is 14.2 Å². The normalized spacial score (nSPS) is 10.4. The lowest BCUT2D eigenvalue weighted by atomic mass is 10.2. The Hall–Kier alpha value is -3.26. The second-order valence-electron chi connectivity index (χ2n) is 5.83. The van der Waals surface area contributed by atoms with E-state index in [0.29, 0.717) is 28.1 Å². The summed E-state index contributed by atoms with van der Waals surface area (Å²) in [5.41, 5.74) is 1.60. The lowest BCUT2D eigenvalue weighted by Gasteiger charge is -2.08. The number of amides is 1. The lowest BCUT2D eigenvalue weighted by Crippen LogP contribution is -2.20. The largest absolute Gasteiger partial charge is 0.493 e. The molecule has 1 heterocycles. The van der Waals surface area contributed by atoms with Gasteiger partial charge in [0.2, 0.25) is 5.95 Å². The Labute approximate surface area is 166 Å². The zero-order valence-corrected chi connectivity index (χ0v) is 16.3. The molecule has 0 atom stereocenters. The first-order valence-corrected chi connectivity index (χ1v) is 8.71. The van der Waals surface area contributed by atoms with E-state index >= 15 is 0 Å². The van der Waals surface area contributed by atoms with Crippen LogP contribution < -0.4 is 19.5 Å². The van der Waals surface area contributed by atoms with Gasteiger partial charge in [0.1, 0.15) is 5.75 Å². The molecule has 0 aliphatic rings. The summed E-state index contributed by atoms with van der Waals surface area (Å²) in [5.74, 6) is 1.96. The number of anilines is 1. The van der Waals surface area contributed by atoms with Crippen molar-refractivity contribution in [2.24, 2.45) is 0 Å². The highest BCUT2D eigenvalue weighted by Gasteiger charge is 2.12. The second kappa shape index (κ2) is 8.62. The fourth-order valence-corrected chi connectivity index (χ4v) is 2.56. The van der Waals surface area contributed by atoms with Crippen LogP contribution in [0.5, 0.6) is 17.2 Å². The third-order valence-corrected chi connectivity index (χ3v) is 4.32. The molecule has 8 nitrogen and oxygen atoms in total. The predicted octanol–water partition coefficient (Wildman–Crippen LogP) is 3.47. The van der Waals surface area contributed by atoms with Crippen LogP contribution >= 0.6 is 11.6 Å². The number of rotatable bonds is 7. The Morgan fingerprint density at radius 2 is 1.93 bits per heavy atom. The number of nitrogens with zero attached hydrogens (tertiary/aromatic N) is 2. The SMILES string of the molecule is COc1ccc(-c2nc(NC(=O)COc3ccc(Cl)c(C)c3)n[nH]2)cc1OC. The van der Waals surface area contributed by atoms with E-state index in [1.807, 2.05) is 6.92 Å². The molecule has 0 radical (unpaired) electrons. The van der Waals surface area contributed by atoms with Gasteiger partial charge in [-0.25, -0.2) is 0 Å². The molecular weight excluding hydrogens is 384 g/mol. The van der Waals surface area contributed by atoms with E-state index in [0.717, 1.165) is 11.1 Å². The van der Waals surface area contributed by atoms with Crippen molar-refractivity contribution in [3.8, 4) is 28.6 Å². The third-order valence-electron chi connectivity index (χ3n) is 3.89. The van der Waals surface area contributed by atoms with E-state index in [4.69, 9.17) is 25.8 Å². The smallest absolute Gasteiger partial charge is 0.264 e. The Balaban J connectivity index is 1.62. The highest BCUT2D eigenvalue weighted by molar-refractivity contribution is 6.31. The van der Waals surface area contributed by atoms with Crippen molar-refractivity contribution < 1.29 is 19.0 Å². The molecule has 0 unspecified atom stereocenters. The number of aromatic amines is 1. The van der Waals surface area contributed by atoms with Crippen molar-refractivity contribution in [3.05, 3.63) is 47.0 Å². The van der Waals surface area contributed by atoms with Crippen LogP contribution in [0.4, 0.5) is 5.95 Å². The average Bonchev–Trinajstić information content (AvgIpc) is 3.16. The molecule has 0 aliphatic heterocycles. The Bertz CT molecular complexity index is 990. The summed E-state index contributed by atoms with van der Waals surface area (Å²) < 4.78 is 15.9. The molecule has 146 valence electrons. The first-order chi connectivity index (χ1) is 13.5. The quantitative estimate of drug-likeness (QED) is 0.628. The van der Waals surface area contributed by atoms with Crippen LogP contribution in [-0.4, -0.2) is 41.9 Å². The zero-order valence-electron chi connectivity index (χ0n) is 15.6. The molecule has 0 spiro atoms. The molecule has 0 aliphatic carbocycles. The van der Waals surface area contributed by atoms with Crippen LogP contribution in [0.1, 0.15) is 5.56 Å². The molecule has 1 aromatic heterocycles. The first-order valence-electron chi connectivity index (χ1n) is 8.33. The Morgan fingerprint density at radius 1 is 1.14 bits per heavy atom. The number of nitrogens with one attached hydrogen (secondary N) is 2. The van der Waals surface area contributed by atoms with Crippen molar-refractivity contribution in [1.29, 1.82) is 0 Å². The zero-order chi connectivity index (χ0) is 20.1. The van der Waals surface area contributed by atoms with Gasteiger partial charge in [0.25, 0.3) is 5.91 Å². The van der Waals surface area contributed by atoms with Crippen LogP contribution in [0.2, 0.25) is 5.02 Å². The van der Waals surface area contributed by atoms with Crippen molar-refractivity contribution in [2.45, 2.75) is 6.92 Å². The molecule has 0 saturated carbocycles. The third kappa shape index (κ3) is 4.52. The molecule has 0 fully saturated rings. The summed E-state index contributed by atoms with van der Waals surface area (Å²) in [6.45, 7) is 1.68. The molecule has 2 aromatic carbocycles. The van der Waals surface area contributed by atoms with Gasteiger partial charge in [-0.2, -0.15) is 4.98 Å². The van der Waals surface area contributed by atoms with Crippen molar-refractivity contribution in [3.63, 3.8) is 0 Å². The summed E-state index contributed by atoms with van der Waals surface area (Å²) in [6.07, 6.45) is 0. The van der Waals surface area contributed by atoms with Crippen LogP contribution in [-0.2, 0) is 4.79 Å². The maximum absolute atomic E-state index is 12.1. The number of aryl methyl sites for hydroxylation is 1. The molecule has 0 saturated heterocycles. The molecule has 2 N–H and O–H groups in total. The summed E-state index contributed by atoms with van der Waals surface area (Å²) in [4.78, 5) is 16.3. The highest BCUT2D eigenvalue weighted by atomic mass is 35.5. The van der Waals surface area contributed by atoms with E-state index in [2.05, 4.69) is 20.5 Å². The molecule has 28 heavy (non-hydrogen) atoms. The summed E-state index contributed by atoms with van der Waals surface area (Å²) in [6, 6.07) is 10.5. The number of methoxy groups -OCH3 is 2. The van der Waals surface area contributed by atoms with Gasteiger partial charge in [-0.15, -0.1) is 5.10 Å². The molecule has 3 aromatic rings. The van der Waals surface area contributed by atoms with E-state index in [9.17, 15) is 4.79 Å². The van der Waals surface area contributed by atoms with Gasteiger partial charge in [0.15, 0.2) is 23.9 Å². The topological polar surface area (TPSA) is 98.4 Å². The fourth-order valence-electron chi connectivity index (χ4n) is 2.45. The minimum atomic E-state index is -0.384. The average molecular weight is 403 g/mol. The van der Waals surface area contributed by atoms with Gasteiger partial charge in [-0.05, 0) is 48.9 Å². The number of aromatic nitrogens is 3. The number of ether oxygens (including phenoxy) is 3. The number of halogens is 1. The number of hydrogen-bond acceptors (Lipinski definition) is 6. The number of carbonyl (C=O) groups excluding carboxylic acids is 1. The number of hydrogen-bond donors (Lipinski definition) is 2. The molecular formula is C19H19ClN4O4. The number of benzene rings is 2. The maximum Gasteiger partial charge on any atom is 0.264 e. The fraction of sp³-hybridized carbons (Fsp3) is 0.211. The van der Waals surface area contributed by atoms with Gasteiger partial charge >= 0.3 is 0 Å². The van der Waals surface area contributed by atoms with Gasteiger partial charge in [-0.1, -0.05) is 11.6 Å². The van der Waals surface area contributed by atoms with Crippen LogP contribution in [0.3, 0.4) is 0 Å².